The van der Waals surface area contributed by atoms with Crippen molar-refractivity contribution in [2.45, 2.75) is 13.3 Å². The van der Waals surface area contributed by atoms with Crippen LogP contribution in [0.1, 0.15) is 33.6 Å². The van der Waals surface area contributed by atoms with E-state index >= 15 is 0 Å². The van der Waals surface area contributed by atoms with Gasteiger partial charge in [0, 0.05) is 0 Å². The third-order valence-electron chi connectivity index (χ3n) is 3.31. The van der Waals surface area contributed by atoms with Gasteiger partial charge < -0.3 is 27.0 Å². The maximum Gasteiger partial charge on any atom is 0.360 e. The first kappa shape index (κ1) is 28.1. The van der Waals surface area contributed by atoms with E-state index < -0.39 is 11.9 Å². The number of carbonyl (C=O) groups is 2. The standard InChI is InChI=1S/C6H6BrN3O2.C6H8BrN3.C5H4BrN3O2/c1-12-6(11)4-5(8)9-2-3(7)10-4;1-2-4-6(8)9-3-5(7)10-4;6-2-1-8-4(7)3(9-2)5(10)11/h2H,1H3,(H2,8,9);3H,2H2,1H3,(H2,8,9);1H,(H2,7,8)(H,10,11). The van der Waals surface area contributed by atoms with Crippen molar-refractivity contribution in [1.82, 2.24) is 29.9 Å². The smallest absolute Gasteiger partial charge is 0.360 e. The number of halogens is 3. The van der Waals surface area contributed by atoms with Gasteiger partial charge in [-0.1, -0.05) is 6.92 Å². The Morgan fingerprint density at radius 1 is 0.848 bits per heavy atom. The average molecular weight is 652 g/mol. The van der Waals surface area contributed by atoms with Gasteiger partial charge in [-0.3, -0.25) is 0 Å². The summed E-state index contributed by atoms with van der Waals surface area (Å²) in [7, 11) is 1.25. The molecule has 0 atom stereocenters. The van der Waals surface area contributed by atoms with Crippen LogP contribution >= 0.6 is 47.8 Å². The topological polar surface area (TPSA) is 219 Å². The minimum Gasteiger partial charge on any atom is -0.476 e. The fraction of sp³-hybridized carbons (Fsp3) is 0.176. The Balaban J connectivity index is 0.000000249. The summed E-state index contributed by atoms with van der Waals surface area (Å²) in [6, 6.07) is 0. The highest BCUT2D eigenvalue weighted by Crippen LogP contribution is 2.12. The van der Waals surface area contributed by atoms with E-state index in [-0.39, 0.29) is 23.0 Å². The van der Waals surface area contributed by atoms with Crippen LogP contribution in [0.4, 0.5) is 17.5 Å². The molecule has 176 valence electrons. The molecule has 0 spiro atoms. The van der Waals surface area contributed by atoms with E-state index in [4.69, 9.17) is 22.3 Å². The predicted molar refractivity (Wildman–Crippen MR) is 130 cm³/mol. The molecule has 7 N–H and O–H groups in total. The predicted octanol–water partition coefficient (Wildman–Crippen LogP) is 2.51. The lowest BCUT2D eigenvalue weighted by molar-refractivity contribution is 0.0593. The lowest BCUT2D eigenvalue weighted by atomic mass is 10.3. The molecule has 0 saturated carbocycles. The van der Waals surface area contributed by atoms with E-state index in [9.17, 15) is 9.59 Å². The molecule has 0 aliphatic heterocycles. The van der Waals surface area contributed by atoms with Crippen molar-refractivity contribution in [3.63, 3.8) is 0 Å². The highest BCUT2D eigenvalue weighted by atomic mass is 79.9. The quantitative estimate of drug-likeness (QED) is 0.299. The zero-order chi connectivity index (χ0) is 25.1. The number of aromatic carboxylic acids is 1. The number of nitrogen functional groups attached to an aromatic ring is 3. The van der Waals surface area contributed by atoms with Crippen LogP contribution in [-0.4, -0.2) is 54.1 Å². The van der Waals surface area contributed by atoms with Gasteiger partial charge in [0.05, 0.1) is 31.4 Å². The fourth-order valence-corrected chi connectivity index (χ4v) is 2.71. The van der Waals surface area contributed by atoms with Crippen molar-refractivity contribution in [1.29, 1.82) is 0 Å². The van der Waals surface area contributed by atoms with Crippen molar-refractivity contribution in [3.8, 4) is 0 Å². The molecule has 13 nitrogen and oxygen atoms in total. The van der Waals surface area contributed by atoms with Gasteiger partial charge in [-0.15, -0.1) is 0 Å². The number of carboxylic acids is 1. The molecule has 0 aliphatic carbocycles. The molecule has 0 unspecified atom stereocenters. The van der Waals surface area contributed by atoms with Crippen LogP contribution in [0.2, 0.25) is 0 Å². The number of hydrogen-bond acceptors (Lipinski definition) is 12. The Bertz CT molecular complexity index is 1130. The number of nitrogens with two attached hydrogens (primary N) is 3. The number of methoxy groups -OCH3 is 1. The van der Waals surface area contributed by atoms with Crippen LogP contribution in [0.25, 0.3) is 0 Å². The number of hydrogen-bond donors (Lipinski definition) is 4. The van der Waals surface area contributed by atoms with Crippen LogP contribution in [0.3, 0.4) is 0 Å². The average Bonchev–Trinajstić information content (AvgIpc) is 2.78. The first-order valence-electron chi connectivity index (χ1n) is 8.64. The molecule has 0 amide bonds. The third kappa shape index (κ3) is 9.19. The van der Waals surface area contributed by atoms with Gasteiger partial charge in [0.2, 0.25) is 0 Å². The second kappa shape index (κ2) is 13.5. The molecule has 3 aromatic heterocycles. The number of anilines is 3. The van der Waals surface area contributed by atoms with Crippen molar-refractivity contribution >= 4 is 77.2 Å². The van der Waals surface area contributed by atoms with Crippen molar-refractivity contribution in [2.75, 3.05) is 24.3 Å². The third-order valence-corrected chi connectivity index (χ3v) is 4.45. The Morgan fingerprint density at radius 3 is 1.67 bits per heavy atom. The number of aromatic nitrogens is 6. The molecule has 0 aliphatic rings. The fourth-order valence-electron chi connectivity index (χ4n) is 1.83. The van der Waals surface area contributed by atoms with E-state index in [1.54, 1.807) is 6.20 Å². The lowest BCUT2D eigenvalue weighted by Gasteiger charge is -2.00. The molecule has 0 radical (unpaired) electrons. The van der Waals surface area contributed by atoms with E-state index in [1.165, 1.54) is 19.5 Å². The number of nitrogens with zero attached hydrogens (tertiary/aromatic N) is 6. The highest BCUT2D eigenvalue weighted by Gasteiger charge is 2.13. The monoisotopic (exact) mass is 649 g/mol. The number of carboxylic acid groups (broad SMARTS) is 1. The van der Waals surface area contributed by atoms with Crippen molar-refractivity contribution in [2.24, 2.45) is 0 Å². The molecule has 0 bridgehead atoms. The van der Waals surface area contributed by atoms with Crippen LogP contribution in [-0.2, 0) is 11.2 Å². The minimum atomic E-state index is -1.18. The molecule has 33 heavy (non-hydrogen) atoms. The number of rotatable bonds is 3. The Kier molecular flexibility index (Phi) is 11.5. The minimum absolute atomic E-state index is 0.0203. The van der Waals surface area contributed by atoms with E-state index in [1.807, 2.05) is 6.92 Å². The summed E-state index contributed by atoms with van der Waals surface area (Å²) in [5.74, 6) is -1.28. The summed E-state index contributed by atoms with van der Waals surface area (Å²) < 4.78 is 5.96. The summed E-state index contributed by atoms with van der Waals surface area (Å²) >= 11 is 9.24. The molecule has 0 saturated heterocycles. The van der Waals surface area contributed by atoms with Gasteiger partial charge in [-0.05, 0) is 54.2 Å². The molecular formula is C17H18Br3N9O4. The van der Waals surface area contributed by atoms with Crippen LogP contribution < -0.4 is 17.2 Å². The molecule has 3 rings (SSSR count). The van der Waals surface area contributed by atoms with Crippen LogP contribution in [0.5, 0.6) is 0 Å². The molecular weight excluding hydrogens is 634 g/mol. The first-order valence-corrected chi connectivity index (χ1v) is 11.0. The summed E-state index contributed by atoms with van der Waals surface area (Å²) in [5, 5.41) is 8.49. The van der Waals surface area contributed by atoms with Crippen molar-refractivity contribution < 1.29 is 19.4 Å². The van der Waals surface area contributed by atoms with Crippen LogP contribution in [0.15, 0.2) is 32.4 Å². The van der Waals surface area contributed by atoms with Crippen LogP contribution in [0, 0.1) is 0 Å². The van der Waals surface area contributed by atoms with E-state index in [0.29, 0.717) is 15.0 Å². The molecule has 0 aromatic carbocycles. The van der Waals surface area contributed by atoms with E-state index in [2.05, 4.69) is 82.4 Å². The summed E-state index contributed by atoms with van der Waals surface area (Å²) in [6.45, 7) is 1.99. The second-order valence-electron chi connectivity index (χ2n) is 5.53. The Labute approximate surface area is 213 Å². The maximum atomic E-state index is 11.0. The number of aryl methyl sites for hydroxylation is 1. The molecule has 3 aromatic rings. The summed E-state index contributed by atoms with van der Waals surface area (Å²) in [6.07, 6.45) is 5.15. The zero-order valence-electron chi connectivity index (χ0n) is 17.2. The SMILES string of the molecule is CCc1nc(Br)cnc1N.COC(=O)c1nc(Br)cnc1N.Nc1ncc(Br)nc1C(=O)O. The number of carbonyl (C=O) groups excluding carboxylic acids is 1. The molecule has 0 fully saturated rings. The van der Waals surface area contributed by atoms with Gasteiger partial charge in [0.1, 0.15) is 19.6 Å². The van der Waals surface area contributed by atoms with Gasteiger partial charge in [0.15, 0.2) is 23.0 Å². The largest absolute Gasteiger partial charge is 0.476 e. The molecule has 3 heterocycles. The van der Waals surface area contributed by atoms with Gasteiger partial charge in [-0.25, -0.2) is 39.5 Å². The maximum absolute atomic E-state index is 11.0. The number of esters is 1. The lowest BCUT2D eigenvalue weighted by Crippen LogP contribution is -2.09. The molecule has 16 heteroatoms. The summed E-state index contributed by atoms with van der Waals surface area (Å²) in [4.78, 5) is 44.1. The number of ether oxygens (including phenoxy) is 1. The Morgan fingerprint density at radius 2 is 1.27 bits per heavy atom. The zero-order valence-corrected chi connectivity index (χ0v) is 21.9. The summed E-state index contributed by atoms with van der Waals surface area (Å²) in [5.41, 5.74) is 16.7. The Hall–Kier alpha value is -2.98. The normalized spacial score (nSPS) is 9.61. The highest BCUT2D eigenvalue weighted by molar-refractivity contribution is 9.11. The van der Waals surface area contributed by atoms with E-state index in [0.717, 1.165) is 16.7 Å². The van der Waals surface area contributed by atoms with Gasteiger partial charge in [-0.2, -0.15) is 0 Å². The van der Waals surface area contributed by atoms with Gasteiger partial charge >= 0.3 is 11.9 Å². The second-order valence-corrected chi connectivity index (χ2v) is 7.97. The van der Waals surface area contributed by atoms with Gasteiger partial charge in [0.25, 0.3) is 0 Å². The first-order chi connectivity index (χ1) is 15.5. The van der Waals surface area contributed by atoms with Crippen molar-refractivity contribution in [3.05, 3.63) is 49.5 Å².